The molecule has 3 N–H and O–H groups in total. The van der Waals surface area contributed by atoms with Gasteiger partial charge < -0.3 is 4.74 Å². The van der Waals surface area contributed by atoms with Crippen LogP contribution in [0.4, 0.5) is 0 Å². The third-order valence-electron chi connectivity index (χ3n) is 3.61. The lowest BCUT2D eigenvalue weighted by molar-refractivity contribution is 0.0608. The molecule has 102 valence electrons. The molecule has 0 aromatic heterocycles. The van der Waals surface area contributed by atoms with Crippen LogP contribution >= 0.6 is 0 Å². The quantitative estimate of drug-likeness (QED) is 0.577. The average Bonchev–Trinajstić information content (AvgIpc) is 2.36. The maximum atomic E-state index is 5.70. The van der Waals surface area contributed by atoms with E-state index in [9.17, 15) is 0 Å². The fourth-order valence-corrected chi connectivity index (χ4v) is 2.46. The van der Waals surface area contributed by atoms with E-state index in [2.05, 4.69) is 44.4 Å². The first-order valence-electron chi connectivity index (χ1n) is 6.68. The summed E-state index contributed by atoms with van der Waals surface area (Å²) in [6.07, 6.45) is 3.20. The van der Waals surface area contributed by atoms with Gasteiger partial charge in [0.25, 0.3) is 0 Å². The summed E-state index contributed by atoms with van der Waals surface area (Å²) in [5.41, 5.74) is 6.93. The number of ether oxygens (including phenoxy) is 1. The minimum atomic E-state index is 0.162. The Hall–Kier alpha value is -0.900. The van der Waals surface area contributed by atoms with Gasteiger partial charge in [-0.15, -0.1) is 0 Å². The molecule has 0 saturated heterocycles. The smallest absolute Gasteiger partial charge is 0.0740 e. The molecule has 0 heterocycles. The lowest BCUT2D eigenvalue weighted by Crippen LogP contribution is -2.46. The molecule has 1 rings (SSSR count). The third-order valence-corrected chi connectivity index (χ3v) is 3.61. The monoisotopic (exact) mass is 250 g/mol. The number of benzene rings is 1. The van der Waals surface area contributed by atoms with Crippen LogP contribution in [0.1, 0.15) is 36.5 Å². The zero-order valence-corrected chi connectivity index (χ0v) is 12.0. The topological polar surface area (TPSA) is 47.3 Å². The van der Waals surface area contributed by atoms with Crippen LogP contribution in [0.5, 0.6) is 0 Å². The Kier molecular flexibility index (Phi) is 6.33. The van der Waals surface area contributed by atoms with Crippen molar-refractivity contribution in [1.82, 2.24) is 5.43 Å². The minimum absolute atomic E-state index is 0.162. The minimum Gasteiger partial charge on any atom is -0.380 e. The van der Waals surface area contributed by atoms with E-state index in [0.29, 0.717) is 0 Å². The molecule has 0 saturated carbocycles. The van der Waals surface area contributed by atoms with Crippen LogP contribution in [0.25, 0.3) is 0 Å². The van der Waals surface area contributed by atoms with Crippen molar-refractivity contribution in [3.8, 4) is 0 Å². The van der Waals surface area contributed by atoms with Crippen LogP contribution in [0.3, 0.4) is 0 Å². The normalized spacial score (nSPS) is 14.5. The van der Waals surface area contributed by atoms with Gasteiger partial charge in [0.05, 0.1) is 12.1 Å². The second-order valence-electron chi connectivity index (χ2n) is 4.91. The number of rotatable bonds is 7. The zero-order chi connectivity index (χ0) is 13.5. The second-order valence-corrected chi connectivity index (χ2v) is 4.91. The molecule has 0 aliphatic rings. The zero-order valence-electron chi connectivity index (χ0n) is 12.0. The van der Waals surface area contributed by atoms with Gasteiger partial charge in [-0.2, -0.15) is 0 Å². The maximum Gasteiger partial charge on any atom is 0.0740 e. The SMILES string of the molecule is CCCC(OC)C(Cc1c(C)cccc1C)NN. The number of nitrogens with two attached hydrogens (primary N) is 1. The summed E-state index contributed by atoms with van der Waals surface area (Å²) < 4.78 is 5.55. The highest BCUT2D eigenvalue weighted by Gasteiger charge is 2.20. The van der Waals surface area contributed by atoms with Gasteiger partial charge in [-0.3, -0.25) is 11.3 Å². The van der Waals surface area contributed by atoms with Crippen molar-refractivity contribution in [3.63, 3.8) is 0 Å². The van der Waals surface area contributed by atoms with Gasteiger partial charge in [0, 0.05) is 7.11 Å². The molecule has 2 unspecified atom stereocenters. The predicted octanol–water partition coefficient (Wildman–Crippen LogP) is 2.49. The molecule has 1 aromatic carbocycles. The van der Waals surface area contributed by atoms with Crippen molar-refractivity contribution < 1.29 is 4.74 Å². The van der Waals surface area contributed by atoms with Gasteiger partial charge in [-0.05, 0) is 43.4 Å². The Balaban J connectivity index is 2.85. The molecule has 0 radical (unpaired) electrons. The van der Waals surface area contributed by atoms with Gasteiger partial charge in [-0.25, -0.2) is 0 Å². The van der Waals surface area contributed by atoms with Crippen molar-refractivity contribution in [2.45, 2.75) is 52.2 Å². The lowest BCUT2D eigenvalue weighted by atomic mass is 9.93. The summed E-state index contributed by atoms with van der Waals surface area (Å²) in [6.45, 7) is 6.47. The number of hydrogen-bond donors (Lipinski definition) is 2. The number of nitrogens with one attached hydrogen (secondary N) is 1. The Labute approximate surface area is 111 Å². The van der Waals surface area contributed by atoms with Crippen molar-refractivity contribution in [2.75, 3.05) is 7.11 Å². The van der Waals surface area contributed by atoms with Crippen LogP contribution in [0.2, 0.25) is 0 Å². The van der Waals surface area contributed by atoms with Crippen LogP contribution in [0, 0.1) is 13.8 Å². The van der Waals surface area contributed by atoms with E-state index in [1.807, 2.05) is 0 Å². The highest BCUT2D eigenvalue weighted by molar-refractivity contribution is 5.34. The van der Waals surface area contributed by atoms with E-state index >= 15 is 0 Å². The highest BCUT2D eigenvalue weighted by atomic mass is 16.5. The van der Waals surface area contributed by atoms with Crippen LogP contribution in [-0.2, 0) is 11.2 Å². The average molecular weight is 250 g/mol. The molecular weight excluding hydrogens is 224 g/mol. The molecular formula is C15H26N2O. The van der Waals surface area contributed by atoms with Crippen molar-refractivity contribution in [1.29, 1.82) is 0 Å². The number of hydrogen-bond acceptors (Lipinski definition) is 3. The summed E-state index contributed by atoms with van der Waals surface area (Å²) in [7, 11) is 1.76. The van der Waals surface area contributed by atoms with Crippen LogP contribution in [-0.4, -0.2) is 19.3 Å². The molecule has 2 atom stereocenters. The standard InChI is InChI=1S/C15H26N2O/c1-5-7-15(18-4)14(17-16)10-13-11(2)8-6-9-12(13)3/h6,8-9,14-15,17H,5,7,10,16H2,1-4H3. The van der Waals surface area contributed by atoms with Crippen molar-refractivity contribution in [3.05, 3.63) is 34.9 Å². The number of aryl methyl sites for hydroxylation is 2. The highest BCUT2D eigenvalue weighted by Crippen LogP contribution is 2.18. The van der Waals surface area contributed by atoms with Gasteiger partial charge in [0.1, 0.15) is 0 Å². The molecule has 0 fully saturated rings. The Morgan fingerprint density at radius 2 is 1.89 bits per heavy atom. The first-order chi connectivity index (χ1) is 8.63. The number of methoxy groups -OCH3 is 1. The third kappa shape index (κ3) is 3.80. The van der Waals surface area contributed by atoms with E-state index in [1.165, 1.54) is 16.7 Å². The molecule has 0 bridgehead atoms. The van der Waals surface area contributed by atoms with Crippen molar-refractivity contribution in [2.24, 2.45) is 5.84 Å². The lowest BCUT2D eigenvalue weighted by Gasteiger charge is -2.26. The molecule has 18 heavy (non-hydrogen) atoms. The van der Waals surface area contributed by atoms with E-state index in [1.54, 1.807) is 7.11 Å². The first kappa shape index (κ1) is 15.2. The number of hydrazine groups is 1. The first-order valence-corrected chi connectivity index (χ1v) is 6.68. The summed E-state index contributed by atoms with van der Waals surface area (Å²) in [6, 6.07) is 6.56. The molecule has 3 nitrogen and oxygen atoms in total. The molecule has 3 heteroatoms. The summed E-state index contributed by atoms with van der Waals surface area (Å²) in [5, 5.41) is 0. The van der Waals surface area contributed by atoms with Gasteiger partial charge >= 0.3 is 0 Å². The summed E-state index contributed by atoms with van der Waals surface area (Å²) in [4.78, 5) is 0. The van der Waals surface area contributed by atoms with Gasteiger partial charge in [-0.1, -0.05) is 31.5 Å². The molecule has 0 aliphatic heterocycles. The van der Waals surface area contributed by atoms with Crippen LogP contribution < -0.4 is 11.3 Å². The Morgan fingerprint density at radius 3 is 2.33 bits per heavy atom. The molecule has 0 spiro atoms. The van der Waals surface area contributed by atoms with E-state index < -0.39 is 0 Å². The predicted molar refractivity (Wildman–Crippen MR) is 76.4 cm³/mol. The largest absolute Gasteiger partial charge is 0.380 e. The van der Waals surface area contributed by atoms with Gasteiger partial charge in [0.2, 0.25) is 0 Å². The molecule has 1 aromatic rings. The van der Waals surface area contributed by atoms with E-state index in [4.69, 9.17) is 10.6 Å². The summed E-state index contributed by atoms with van der Waals surface area (Å²) in [5.74, 6) is 5.70. The Bertz CT molecular complexity index is 345. The van der Waals surface area contributed by atoms with Gasteiger partial charge in [0.15, 0.2) is 0 Å². The van der Waals surface area contributed by atoms with Crippen molar-refractivity contribution >= 4 is 0 Å². The molecule has 0 aliphatic carbocycles. The second kappa shape index (κ2) is 7.52. The Morgan fingerprint density at radius 1 is 1.28 bits per heavy atom. The molecule has 0 amide bonds. The van der Waals surface area contributed by atoms with E-state index in [-0.39, 0.29) is 12.1 Å². The fraction of sp³-hybridized carbons (Fsp3) is 0.600. The summed E-state index contributed by atoms with van der Waals surface area (Å²) >= 11 is 0. The van der Waals surface area contributed by atoms with E-state index in [0.717, 1.165) is 19.3 Å². The van der Waals surface area contributed by atoms with Crippen LogP contribution in [0.15, 0.2) is 18.2 Å². The fourth-order valence-electron chi connectivity index (χ4n) is 2.46. The maximum absolute atomic E-state index is 5.70.